The van der Waals surface area contributed by atoms with E-state index >= 15 is 0 Å². The fourth-order valence-corrected chi connectivity index (χ4v) is 3.05. The van der Waals surface area contributed by atoms with E-state index in [0.717, 1.165) is 10.2 Å². The zero-order valence-corrected chi connectivity index (χ0v) is 16.0. The van der Waals surface area contributed by atoms with Gasteiger partial charge in [0.25, 0.3) is 11.8 Å². The molecule has 0 radical (unpaired) electrons. The van der Waals surface area contributed by atoms with Crippen LogP contribution in [0.25, 0.3) is 0 Å². The van der Waals surface area contributed by atoms with Crippen LogP contribution in [0.15, 0.2) is 40.5 Å². The van der Waals surface area contributed by atoms with E-state index in [9.17, 15) is 9.59 Å². The summed E-state index contributed by atoms with van der Waals surface area (Å²) in [6.45, 7) is 3.93. The molecule has 1 aromatic carbocycles. The summed E-state index contributed by atoms with van der Waals surface area (Å²) in [6, 6.07) is 7.53. The van der Waals surface area contributed by atoms with Crippen molar-refractivity contribution in [3.8, 4) is 0 Å². The predicted octanol–water partition coefficient (Wildman–Crippen LogP) is 1.46. The number of benzene rings is 1. The first-order valence-electron chi connectivity index (χ1n) is 8.61. The molecule has 2 aliphatic rings. The third-order valence-corrected chi connectivity index (χ3v) is 4.81. The molecule has 0 unspecified atom stereocenters. The van der Waals surface area contributed by atoms with E-state index in [1.165, 1.54) is 6.20 Å². The Labute approximate surface area is 161 Å². The van der Waals surface area contributed by atoms with Gasteiger partial charge in [0.2, 0.25) is 0 Å². The Balaban J connectivity index is 1.79. The van der Waals surface area contributed by atoms with Crippen LogP contribution in [0.5, 0.6) is 0 Å². The Hall–Kier alpha value is -1.90. The van der Waals surface area contributed by atoms with Gasteiger partial charge in [0.15, 0.2) is 0 Å². The normalized spacial score (nSPS) is 17.6. The summed E-state index contributed by atoms with van der Waals surface area (Å²) in [7, 11) is 0. The molecule has 2 saturated heterocycles. The Morgan fingerprint density at radius 3 is 1.81 bits per heavy atom. The SMILES string of the molecule is O=C(C(=CNc1ccc(Br)cc1)C(=O)N1CCOCC1)N1CCOCC1. The van der Waals surface area contributed by atoms with Crippen LogP contribution in [-0.2, 0) is 19.1 Å². The van der Waals surface area contributed by atoms with Crippen LogP contribution in [0.4, 0.5) is 5.69 Å². The summed E-state index contributed by atoms with van der Waals surface area (Å²) in [5.41, 5.74) is 0.937. The molecule has 0 aromatic heterocycles. The van der Waals surface area contributed by atoms with Crippen LogP contribution < -0.4 is 5.32 Å². The van der Waals surface area contributed by atoms with Gasteiger partial charge in [-0.1, -0.05) is 15.9 Å². The minimum absolute atomic E-state index is 0.136. The Kier molecular flexibility index (Phi) is 6.65. The Morgan fingerprint density at radius 2 is 1.35 bits per heavy atom. The van der Waals surface area contributed by atoms with Crippen molar-refractivity contribution in [3.63, 3.8) is 0 Å². The second kappa shape index (κ2) is 9.16. The third-order valence-electron chi connectivity index (χ3n) is 4.28. The molecule has 0 spiro atoms. The predicted molar refractivity (Wildman–Crippen MR) is 101 cm³/mol. The van der Waals surface area contributed by atoms with Gasteiger partial charge in [0, 0.05) is 42.5 Å². The smallest absolute Gasteiger partial charge is 0.261 e. The van der Waals surface area contributed by atoms with E-state index in [-0.39, 0.29) is 17.4 Å². The molecule has 140 valence electrons. The molecule has 7 nitrogen and oxygen atoms in total. The second-order valence-corrected chi connectivity index (χ2v) is 6.93. The van der Waals surface area contributed by atoms with Crippen LogP contribution >= 0.6 is 15.9 Å². The average Bonchev–Trinajstić information content (AvgIpc) is 2.70. The Bertz CT molecular complexity index is 634. The number of rotatable bonds is 4. The maximum absolute atomic E-state index is 12.9. The minimum Gasteiger partial charge on any atom is -0.378 e. The lowest BCUT2D eigenvalue weighted by atomic mass is 10.2. The number of hydrogen-bond acceptors (Lipinski definition) is 5. The molecule has 3 rings (SSSR count). The molecule has 8 heteroatoms. The van der Waals surface area contributed by atoms with Crippen LogP contribution in [0.1, 0.15) is 0 Å². The number of carbonyl (C=O) groups excluding carboxylic acids is 2. The van der Waals surface area contributed by atoms with Crippen molar-refractivity contribution in [3.05, 3.63) is 40.5 Å². The molecule has 2 aliphatic heterocycles. The molecule has 2 heterocycles. The van der Waals surface area contributed by atoms with Crippen molar-refractivity contribution in [2.75, 3.05) is 57.9 Å². The minimum atomic E-state index is -0.269. The lowest BCUT2D eigenvalue weighted by molar-refractivity contribution is -0.138. The van der Waals surface area contributed by atoms with E-state index in [0.29, 0.717) is 52.6 Å². The lowest BCUT2D eigenvalue weighted by Crippen LogP contribution is -2.47. The highest BCUT2D eigenvalue weighted by Gasteiger charge is 2.29. The van der Waals surface area contributed by atoms with Gasteiger partial charge in [-0.05, 0) is 24.3 Å². The molecule has 0 bridgehead atoms. The molecule has 0 saturated carbocycles. The molecule has 1 aromatic rings. The molecule has 0 atom stereocenters. The number of hydrogen-bond donors (Lipinski definition) is 1. The number of morpholine rings is 2. The molecular formula is C18H22BrN3O4. The molecule has 0 aliphatic carbocycles. The number of ether oxygens (including phenoxy) is 2. The zero-order valence-electron chi connectivity index (χ0n) is 14.4. The van der Waals surface area contributed by atoms with Gasteiger partial charge in [-0.3, -0.25) is 9.59 Å². The number of nitrogens with one attached hydrogen (secondary N) is 1. The van der Waals surface area contributed by atoms with Crippen molar-refractivity contribution in [2.24, 2.45) is 0 Å². The summed E-state index contributed by atoms with van der Waals surface area (Å²) in [6.07, 6.45) is 1.51. The molecule has 2 fully saturated rings. The van der Waals surface area contributed by atoms with E-state index < -0.39 is 0 Å². The molecule has 2 amide bonds. The highest BCUT2D eigenvalue weighted by molar-refractivity contribution is 9.10. The number of halogens is 1. The van der Waals surface area contributed by atoms with Crippen LogP contribution in [0.3, 0.4) is 0 Å². The van der Waals surface area contributed by atoms with Crippen molar-refractivity contribution in [1.29, 1.82) is 0 Å². The van der Waals surface area contributed by atoms with E-state index in [4.69, 9.17) is 9.47 Å². The van der Waals surface area contributed by atoms with Gasteiger partial charge in [-0.15, -0.1) is 0 Å². The fourth-order valence-electron chi connectivity index (χ4n) is 2.79. The van der Waals surface area contributed by atoms with Gasteiger partial charge >= 0.3 is 0 Å². The number of anilines is 1. The molecule has 1 N–H and O–H groups in total. The summed E-state index contributed by atoms with van der Waals surface area (Å²) in [4.78, 5) is 29.2. The first kappa shape index (κ1) is 18.9. The van der Waals surface area contributed by atoms with Crippen molar-refractivity contribution in [1.82, 2.24) is 9.80 Å². The van der Waals surface area contributed by atoms with Gasteiger partial charge < -0.3 is 24.6 Å². The van der Waals surface area contributed by atoms with E-state index in [1.54, 1.807) is 9.80 Å². The highest BCUT2D eigenvalue weighted by atomic mass is 79.9. The summed E-state index contributed by atoms with van der Waals surface area (Å²) in [5, 5.41) is 3.07. The van der Waals surface area contributed by atoms with Crippen LogP contribution in [0, 0.1) is 0 Å². The fraction of sp³-hybridized carbons (Fsp3) is 0.444. The lowest BCUT2D eigenvalue weighted by Gasteiger charge is -2.31. The summed E-state index contributed by atoms with van der Waals surface area (Å²) < 4.78 is 11.6. The van der Waals surface area contributed by atoms with Gasteiger partial charge in [-0.25, -0.2) is 0 Å². The topological polar surface area (TPSA) is 71.1 Å². The van der Waals surface area contributed by atoms with Gasteiger partial charge in [0.1, 0.15) is 5.57 Å². The van der Waals surface area contributed by atoms with E-state index in [2.05, 4.69) is 21.2 Å². The monoisotopic (exact) mass is 423 g/mol. The second-order valence-electron chi connectivity index (χ2n) is 6.02. The van der Waals surface area contributed by atoms with Crippen molar-refractivity contribution < 1.29 is 19.1 Å². The molecular weight excluding hydrogens is 402 g/mol. The van der Waals surface area contributed by atoms with Crippen molar-refractivity contribution in [2.45, 2.75) is 0 Å². The van der Waals surface area contributed by atoms with Crippen molar-refractivity contribution >= 4 is 33.4 Å². The number of carbonyl (C=O) groups is 2. The average molecular weight is 424 g/mol. The van der Waals surface area contributed by atoms with E-state index in [1.807, 2.05) is 24.3 Å². The quantitative estimate of drug-likeness (QED) is 0.450. The van der Waals surface area contributed by atoms with Crippen LogP contribution in [0.2, 0.25) is 0 Å². The highest BCUT2D eigenvalue weighted by Crippen LogP contribution is 2.16. The Morgan fingerprint density at radius 1 is 0.885 bits per heavy atom. The maximum atomic E-state index is 12.9. The number of nitrogens with zero attached hydrogens (tertiary/aromatic N) is 2. The maximum Gasteiger partial charge on any atom is 0.261 e. The first-order valence-corrected chi connectivity index (χ1v) is 9.41. The zero-order chi connectivity index (χ0) is 18.4. The summed E-state index contributed by atoms with van der Waals surface area (Å²) in [5.74, 6) is -0.538. The number of amides is 2. The molecule has 26 heavy (non-hydrogen) atoms. The largest absolute Gasteiger partial charge is 0.378 e. The van der Waals surface area contributed by atoms with Gasteiger partial charge in [0.05, 0.1) is 26.4 Å². The third kappa shape index (κ3) is 4.84. The summed E-state index contributed by atoms with van der Waals surface area (Å²) >= 11 is 3.39. The van der Waals surface area contributed by atoms with Crippen LogP contribution in [-0.4, -0.2) is 74.2 Å². The first-order chi connectivity index (χ1) is 12.6. The van der Waals surface area contributed by atoms with Gasteiger partial charge in [-0.2, -0.15) is 0 Å². The standard InChI is InChI=1S/C18H22BrN3O4/c19-14-1-3-15(4-2-14)20-13-16(17(23)21-5-9-25-10-6-21)18(24)22-7-11-26-12-8-22/h1-4,13,20H,5-12H2.